The van der Waals surface area contributed by atoms with E-state index in [1.54, 1.807) is 6.92 Å². The molecular formula is C11H10N3O2-. The first kappa shape index (κ1) is 10.4. The molecule has 0 amide bonds. The highest BCUT2D eigenvalue weighted by Gasteiger charge is 2.03. The number of aromatic nitrogens is 2. The van der Waals surface area contributed by atoms with Crippen LogP contribution >= 0.6 is 0 Å². The molecule has 0 aliphatic rings. The van der Waals surface area contributed by atoms with Gasteiger partial charge in [0.15, 0.2) is 0 Å². The van der Waals surface area contributed by atoms with Crippen molar-refractivity contribution in [1.29, 1.82) is 0 Å². The Labute approximate surface area is 92.2 Å². The monoisotopic (exact) mass is 216 g/mol. The largest absolute Gasteiger partial charge is 0.548 e. The van der Waals surface area contributed by atoms with Crippen molar-refractivity contribution in [3.05, 3.63) is 30.1 Å². The molecule has 0 unspecified atom stereocenters. The summed E-state index contributed by atoms with van der Waals surface area (Å²) in [5, 5.41) is 13.9. The zero-order valence-corrected chi connectivity index (χ0v) is 8.73. The predicted octanol–water partition coefficient (Wildman–Crippen LogP) is 0.100. The first-order chi connectivity index (χ1) is 7.66. The first-order valence-corrected chi connectivity index (χ1v) is 4.84. The maximum absolute atomic E-state index is 10.4. The molecular weight excluding hydrogens is 206 g/mol. The lowest BCUT2D eigenvalue weighted by molar-refractivity contribution is -0.302. The van der Waals surface area contributed by atoms with E-state index in [-0.39, 0.29) is 6.54 Å². The van der Waals surface area contributed by atoms with Crippen molar-refractivity contribution in [3.8, 4) is 0 Å². The van der Waals surface area contributed by atoms with E-state index in [0.29, 0.717) is 11.6 Å². The Morgan fingerprint density at radius 3 is 2.88 bits per heavy atom. The number of nitrogens with one attached hydrogen (secondary N) is 1. The number of aliphatic carboxylic acids is 1. The number of anilines is 1. The van der Waals surface area contributed by atoms with Gasteiger partial charge in [-0.15, -0.1) is 0 Å². The molecule has 0 bridgehead atoms. The number of benzene rings is 1. The quantitative estimate of drug-likeness (QED) is 0.787. The lowest BCUT2D eigenvalue weighted by Gasteiger charge is -2.09. The van der Waals surface area contributed by atoms with Crippen LogP contribution in [0.25, 0.3) is 10.9 Å². The molecule has 5 nitrogen and oxygen atoms in total. The van der Waals surface area contributed by atoms with Gasteiger partial charge in [-0.2, -0.15) is 0 Å². The van der Waals surface area contributed by atoms with Gasteiger partial charge in [0.25, 0.3) is 0 Å². The van der Waals surface area contributed by atoms with Gasteiger partial charge in [0.2, 0.25) is 0 Å². The number of nitrogens with zero attached hydrogens (tertiary/aromatic N) is 2. The molecule has 5 heteroatoms. The molecule has 16 heavy (non-hydrogen) atoms. The van der Waals surface area contributed by atoms with E-state index in [9.17, 15) is 9.90 Å². The van der Waals surface area contributed by atoms with Crippen LogP contribution in [-0.2, 0) is 4.79 Å². The second kappa shape index (κ2) is 4.14. The van der Waals surface area contributed by atoms with Crippen LogP contribution in [0.5, 0.6) is 0 Å². The molecule has 1 aromatic heterocycles. The molecule has 2 aromatic rings. The Hall–Kier alpha value is -2.17. The molecule has 1 aromatic carbocycles. The van der Waals surface area contributed by atoms with Crippen LogP contribution in [0.15, 0.2) is 24.3 Å². The Morgan fingerprint density at radius 1 is 1.38 bits per heavy atom. The minimum atomic E-state index is -1.17. The van der Waals surface area contributed by atoms with E-state index in [4.69, 9.17) is 0 Å². The lowest BCUT2D eigenvalue weighted by atomic mass is 10.2. The summed E-state index contributed by atoms with van der Waals surface area (Å²) in [7, 11) is 0. The van der Waals surface area contributed by atoms with Crippen LogP contribution in [0, 0.1) is 6.92 Å². The number of aryl methyl sites for hydroxylation is 1. The molecule has 1 N–H and O–H groups in total. The van der Waals surface area contributed by atoms with Gasteiger partial charge < -0.3 is 15.2 Å². The van der Waals surface area contributed by atoms with E-state index in [0.717, 1.165) is 10.9 Å². The Kier molecular flexibility index (Phi) is 2.68. The van der Waals surface area contributed by atoms with E-state index in [1.165, 1.54) is 0 Å². The lowest BCUT2D eigenvalue weighted by Crippen LogP contribution is -2.30. The highest BCUT2D eigenvalue weighted by atomic mass is 16.4. The maximum Gasteiger partial charge on any atom is 0.137 e. The van der Waals surface area contributed by atoms with Crippen LogP contribution in [0.2, 0.25) is 0 Å². The fraction of sp³-hybridized carbons (Fsp3) is 0.182. The Balaban J connectivity index is 2.46. The average Bonchev–Trinajstić information content (AvgIpc) is 2.25. The number of para-hydroxylation sites is 1. The molecule has 0 radical (unpaired) electrons. The second-order valence-electron chi connectivity index (χ2n) is 3.36. The molecule has 0 saturated carbocycles. The third-order valence-corrected chi connectivity index (χ3v) is 2.12. The van der Waals surface area contributed by atoms with Crippen LogP contribution in [-0.4, -0.2) is 22.5 Å². The average molecular weight is 216 g/mol. The zero-order valence-electron chi connectivity index (χ0n) is 8.73. The van der Waals surface area contributed by atoms with Gasteiger partial charge >= 0.3 is 0 Å². The van der Waals surface area contributed by atoms with Crippen LogP contribution < -0.4 is 10.4 Å². The summed E-state index contributed by atoms with van der Waals surface area (Å²) in [4.78, 5) is 18.8. The van der Waals surface area contributed by atoms with Crippen molar-refractivity contribution in [1.82, 2.24) is 9.97 Å². The summed E-state index contributed by atoms with van der Waals surface area (Å²) in [5.41, 5.74) is 0.788. The van der Waals surface area contributed by atoms with Gasteiger partial charge in [0.1, 0.15) is 11.6 Å². The summed E-state index contributed by atoms with van der Waals surface area (Å²) >= 11 is 0. The topological polar surface area (TPSA) is 77.9 Å². The third-order valence-electron chi connectivity index (χ3n) is 2.12. The maximum atomic E-state index is 10.4. The molecule has 0 aliphatic heterocycles. The van der Waals surface area contributed by atoms with Gasteiger partial charge in [-0.05, 0) is 19.1 Å². The van der Waals surface area contributed by atoms with Crippen molar-refractivity contribution in [2.24, 2.45) is 0 Å². The molecule has 0 spiro atoms. The summed E-state index contributed by atoms with van der Waals surface area (Å²) < 4.78 is 0. The standard InChI is InChI=1S/C11H11N3O2/c1-7-13-9-5-3-2-4-8(9)11(14-7)12-6-10(15)16/h2-5H,6H2,1H3,(H,15,16)(H,12,13,14)/p-1. The minimum absolute atomic E-state index is 0.263. The fourth-order valence-electron chi connectivity index (χ4n) is 1.48. The Morgan fingerprint density at radius 2 is 2.12 bits per heavy atom. The number of rotatable bonds is 3. The predicted molar refractivity (Wildman–Crippen MR) is 57.8 cm³/mol. The number of hydrogen-bond acceptors (Lipinski definition) is 5. The smallest absolute Gasteiger partial charge is 0.137 e. The molecule has 0 atom stereocenters. The highest BCUT2D eigenvalue weighted by Crippen LogP contribution is 2.19. The summed E-state index contributed by atoms with van der Waals surface area (Å²) in [6.45, 7) is 1.50. The van der Waals surface area contributed by atoms with Gasteiger partial charge in [0.05, 0.1) is 18.0 Å². The van der Waals surface area contributed by atoms with Crippen LogP contribution in [0.1, 0.15) is 5.82 Å². The fourth-order valence-corrected chi connectivity index (χ4v) is 1.48. The van der Waals surface area contributed by atoms with E-state index < -0.39 is 5.97 Å². The van der Waals surface area contributed by atoms with E-state index >= 15 is 0 Å². The first-order valence-electron chi connectivity index (χ1n) is 4.84. The van der Waals surface area contributed by atoms with Crippen molar-refractivity contribution in [2.45, 2.75) is 6.92 Å². The number of carbonyl (C=O) groups excluding carboxylic acids is 1. The number of fused-ring (bicyclic) bond motifs is 1. The zero-order chi connectivity index (χ0) is 11.5. The minimum Gasteiger partial charge on any atom is -0.548 e. The molecule has 0 fully saturated rings. The summed E-state index contributed by atoms with van der Waals surface area (Å²) in [6, 6.07) is 7.42. The van der Waals surface area contributed by atoms with Crippen molar-refractivity contribution < 1.29 is 9.90 Å². The number of hydrogen-bond donors (Lipinski definition) is 1. The highest BCUT2D eigenvalue weighted by molar-refractivity contribution is 5.89. The van der Waals surface area contributed by atoms with E-state index in [2.05, 4.69) is 15.3 Å². The second-order valence-corrected chi connectivity index (χ2v) is 3.36. The molecule has 2 rings (SSSR count). The van der Waals surface area contributed by atoms with Crippen LogP contribution in [0.4, 0.5) is 5.82 Å². The van der Waals surface area contributed by atoms with Crippen molar-refractivity contribution >= 4 is 22.7 Å². The number of carboxylic acid groups (broad SMARTS) is 1. The molecule has 0 saturated heterocycles. The van der Waals surface area contributed by atoms with Gasteiger partial charge in [0, 0.05) is 5.39 Å². The molecule has 0 aliphatic carbocycles. The molecule has 1 heterocycles. The third kappa shape index (κ3) is 2.08. The van der Waals surface area contributed by atoms with Gasteiger partial charge in [-0.25, -0.2) is 9.97 Å². The SMILES string of the molecule is Cc1nc(NCC(=O)[O-])c2ccccc2n1. The van der Waals surface area contributed by atoms with Crippen LogP contribution in [0.3, 0.4) is 0 Å². The number of carboxylic acids is 1. The molecule has 82 valence electrons. The van der Waals surface area contributed by atoms with Crippen molar-refractivity contribution in [3.63, 3.8) is 0 Å². The van der Waals surface area contributed by atoms with Gasteiger partial charge in [-0.3, -0.25) is 0 Å². The summed E-state index contributed by atoms with van der Waals surface area (Å²) in [5.74, 6) is -0.0489. The summed E-state index contributed by atoms with van der Waals surface area (Å²) in [6.07, 6.45) is 0. The van der Waals surface area contributed by atoms with E-state index in [1.807, 2.05) is 24.3 Å². The van der Waals surface area contributed by atoms with Crippen molar-refractivity contribution in [2.75, 3.05) is 11.9 Å². The normalized spacial score (nSPS) is 10.3. The number of carbonyl (C=O) groups is 1. The van der Waals surface area contributed by atoms with Gasteiger partial charge in [-0.1, -0.05) is 12.1 Å². The Bertz CT molecular complexity index is 540.